The highest BCUT2D eigenvalue weighted by Crippen LogP contribution is 2.40. The molecule has 0 N–H and O–H groups in total. The van der Waals surface area contributed by atoms with Gasteiger partial charge < -0.3 is 0 Å². The molecule has 3 aromatic carbocycles. The molecule has 0 aliphatic carbocycles. The predicted molar refractivity (Wildman–Crippen MR) is 230 cm³/mol. The average Bonchev–Trinajstić information content (AvgIpc) is 2.98. The maximum absolute atomic E-state index is 13.7. The fourth-order valence-corrected chi connectivity index (χ4v) is 7.62. The van der Waals surface area contributed by atoms with Crippen molar-refractivity contribution >= 4 is 11.6 Å². The molecule has 3 rings (SSSR count). The van der Waals surface area contributed by atoms with Crippen LogP contribution < -0.4 is 0 Å². The van der Waals surface area contributed by atoms with Gasteiger partial charge in [0.1, 0.15) is 5.82 Å². The summed E-state index contributed by atoms with van der Waals surface area (Å²) in [5.41, 5.74) is 13.1. The Morgan fingerprint density at radius 3 is 0.846 bits per heavy atom. The Morgan fingerprint density at radius 1 is 0.442 bits per heavy atom. The molecule has 0 aliphatic rings. The van der Waals surface area contributed by atoms with E-state index >= 15 is 0 Å². The Morgan fingerprint density at radius 2 is 0.654 bits per heavy atom. The van der Waals surface area contributed by atoms with E-state index in [4.69, 9.17) is 11.6 Å². The summed E-state index contributed by atoms with van der Waals surface area (Å²) >= 11 is 6.26. The number of nitriles is 1. The van der Waals surface area contributed by atoms with Gasteiger partial charge in [0.15, 0.2) is 0 Å². The molecular weight excluding hydrogens is 657 g/mol. The molecule has 0 aliphatic heterocycles. The highest BCUT2D eigenvalue weighted by Gasteiger charge is 2.27. The lowest BCUT2D eigenvalue weighted by atomic mass is 9.75. The quantitative estimate of drug-likeness (QED) is 0.248. The summed E-state index contributed by atoms with van der Waals surface area (Å²) in [5, 5.41) is 10.1. The van der Waals surface area contributed by atoms with Gasteiger partial charge in [0.25, 0.3) is 0 Å². The molecule has 0 heterocycles. The SMILES string of the molecule is CC(C)c1cc(C#N)cc(C(C)C)c1C(C)(C)C.CC(C)c1cc(Cl)cc(C(C)C)c1C(C)(C)C.CC(C)c1cc(F)cc(C(C)C)c1C(C)(C)C. The first-order valence-electron chi connectivity index (χ1n) is 19.7. The van der Waals surface area contributed by atoms with Crippen molar-refractivity contribution in [3.63, 3.8) is 0 Å². The van der Waals surface area contributed by atoms with Gasteiger partial charge in [0.05, 0.1) is 11.6 Å². The van der Waals surface area contributed by atoms with Gasteiger partial charge in [-0.1, -0.05) is 157 Å². The number of rotatable bonds is 6. The van der Waals surface area contributed by atoms with Gasteiger partial charge in [-0.3, -0.25) is 0 Å². The van der Waals surface area contributed by atoms with Crippen LogP contribution in [0.25, 0.3) is 0 Å². The van der Waals surface area contributed by atoms with Crippen molar-refractivity contribution < 1.29 is 4.39 Å². The van der Waals surface area contributed by atoms with Crippen molar-refractivity contribution in [3.8, 4) is 6.07 Å². The smallest absolute Gasteiger partial charge is 0.123 e. The van der Waals surface area contributed by atoms with Crippen LogP contribution in [-0.4, -0.2) is 0 Å². The first kappa shape index (κ1) is 47.4. The van der Waals surface area contributed by atoms with E-state index in [1.165, 1.54) is 38.9 Å². The third kappa shape index (κ3) is 12.8. The summed E-state index contributed by atoms with van der Waals surface area (Å²) in [5.74, 6) is 2.54. The lowest BCUT2D eigenvalue weighted by molar-refractivity contribution is 0.552. The molecule has 0 radical (unpaired) electrons. The lowest BCUT2D eigenvalue weighted by Gasteiger charge is -2.30. The summed E-state index contributed by atoms with van der Waals surface area (Å²) in [6.07, 6.45) is 0. The van der Waals surface area contributed by atoms with Crippen LogP contribution in [0.5, 0.6) is 0 Å². The third-order valence-electron chi connectivity index (χ3n) is 9.64. The maximum Gasteiger partial charge on any atom is 0.123 e. The molecular formula is C49H75ClFN. The van der Waals surface area contributed by atoms with Crippen molar-refractivity contribution in [2.24, 2.45) is 0 Å². The molecule has 0 bridgehead atoms. The first-order valence-corrected chi connectivity index (χ1v) is 20.1. The van der Waals surface area contributed by atoms with E-state index in [1.807, 2.05) is 0 Å². The molecule has 0 saturated heterocycles. The number of hydrogen-bond acceptors (Lipinski definition) is 1. The van der Waals surface area contributed by atoms with Gasteiger partial charge in [-0.05, 0) is 138 Å². The Kier molecular flexibility index (Phi) is 17.0. The standard InChI is InChI=1S/C17H25N.C16H25Cl.C16H25F/c1-11(2)14-8-13(10-18)9-15(12(3)4)16(14)17(5,6)7;2*1-10(2)13-8-12(17)9-14(11(3)4)15(13)16(5,6)7/h8-9,11-12H,1-7H3;2*8-11H,1-7H3. The molecule has 0 unspecified atom stereocenters. The van der Waals surface area contributed by atoms with Crippen LogP contribution in [0.15, 0.2) is 36.4 Å². The van der Waals surface area contributed by atoms with E-state index in [-0.39, 0.29) is 22.1 Å². The first-order chi connectivity index (χ1) is 23.5. The van der Waals surface area contributed by atoms with Crippen LogP contribution in [0.2, 0.25) is 5.02 Å². The molecule has 3 aromatic rings. The Bertz CT molecular complexity index is 1490. The number of benzene rings is 3. The van der Waals surface area contributed by atoms with Gasteiger partial charge >= 0.3 is 0 Å². The number of halogens is 2. The van der Waals surface area contributed by atoms with E-state index in [0.29, 0.717) is 35.5 Å². The molecule has 290 valence electrons. The summed E-state index contributed by atoms with van der Waals surface area (Å²) < 4.78 is 13.7. The second-order valence-electron chi connectivity index (χ2n) is 19.7. The molecule has 3 heteroatoms. The molecule has 0 spiro atoms. The normalized spacial score (nSPS) is 12.4. The summed E-state index contributed by atoms with van der Waals surface area (Å²) in [4.78, 5) is 0. The van der Waals surface area contributed by atoms with Crippen molar-refractivity contribution in [2.75, 3.05) is 0 Å². The van der Waals surface area contributed by atoms with E-state index in [2.05, 4.69) is 176 Å². The zero-order chi connectivity index (χ0) is 40.8. The zero-order valence-corrected chi connectivity index (χ0v) is 37.9. The van der Waals surface area contributed by atoms with Gasteiger partial charge in [0.2, 0.25) is 0 Å². The van der Waals surface area contributed by atoms with Crippen LogP contribution in [0.4, 0.5) is 4.39 Å². The van der Waals surface area contributed by atoms with Crippen LogP contribution in [0.3, 0.4) is 0 Å². The summed E-state index contributed by atoms with van der Waals surface area (Å²) in [7, 11) is 0. The lowest BCUT2D eigenvalue weighted by Crippen LogP contribution is -2.19. The van der Waals surface area contributed by atoms with Crippen molar-refractivity contribution in [1.29, 1.82) is 5.26 Å². The Labute approximate surface area is 326 Å². The second kappa shape index (κ2) is 18.6. The highest BCUT2D eigenvalue weighted by molar-refractivity contribution is 6.30. The average molecular weight is 733 g/mol. The van der Waals surface area contributed by atoms with Crippen molar-refractivity contribution in [2.45, 2.75) is 197 Å². The minimum absolute atomic E-state index is 0.0624. The third-order valence-corrected chi connectivity index (χ3v) is 9.86. The van der Waals surface area contributed by atoms with E-state index in [0.717, 1.165) is 21.7 Å². The second-order valence-corrected chi connectivity index (χ2v) is 20.2. The van der Waals surface area contributed by atoms with Crippen molar-refractivity contribution in [3.05, 3.63) is 103 Å². The van der Waals surface area contributed by atoms with Gasteiger partial charge in [-0.2, -0.15) is 5.26 Å². The fourth-order valence-electron chi connectivity index (χ4n) is 7.38. The number of nitrogens with zero attached hydrogens (tertiary/aromatic N) is 1. The van der Waals surface area contributed by atoms with Crippen LogP contribution in [0.1, 0.15) is 237 Å². The molecule has 1 nitrogen and oxygen atoms in total. The molecule has 0 amide bonds. The van der Waals surface area contributed by atoms with Crippen LogP contribution >= 0.6 is 11.6 Å². The van der Waals surface area contributed by atoms with E-state index < -0.39 is 0 Å². The highest BCUT2D eigenvalue weighted by atomic mass is 35.5. The summed E-state index contributed by atoms with van der Waals surface area (Å²) in [6.45, 7) is 46.6. The van der Waals surface area contributed by atoms with Gasteiger partial charge in [-0.25, -0.2) is 4.39 Å². The van der Waals surface area contributed by atoms with Gasteiger partial charge in [-0.15, -0.1) is 0 Å². The zero-order valence-electron chi connectivity index (χ0n) is 37.1. The maximum atomic E-state index is 13.7. The van der Waals surface area contributed by atoms with E-state index in [1.54, 1.807) is 12.1 Å². The van der Waals surface area contributed by atoms with E-state index in [9.17, 15) is 9.65 Å². The Hall–Kier alpha value is -2.63. The Balaban J connectivity index is 0.000000390. The topological polar surface area (TPSA) is 23.8 Å². The van der Waals surface area contributed by atoms with Crippen LogP contribution in [-0.2, 0) is 16.2 Å². The molecule has 0 fully saturated rings. The largest absolute Gasteiger partial charge is 0.207 e. The summed E-state index contributed by atoms with van der Waals surface area (Å²) in [6, 6.07) is 14.1. The predicted octanol–water partition coefficient (Wildman–Crippen LogP) is 16.4. The molecule has 0 saturated carbocycles. The van der Waals surface area contributed by atoms with Gasteiger partial charge in [0, 0.05) is 5.02 Å². The van der Waals surface area contributed by atoms with Crippen LogP contribution in [0, 0.1) is 17.1 Å². The molecule has 52 heavy (non-hydrogen) atoms. The molecule has 0 atom stereocenters. The van der Waals surface area contributed by atoms with Crippen molar-refractivity contribution in [1.82, 2.24) is 0 Å². The minimum atomic E-state index is -0.106. The molecule has 0 aromatic heterocycles. The monoisotopic (exact) mass is 732 g/mol. The fraction of sp³-hybridized carbons (Fsp3) is 0.612. The minimum Gasteiger partial charge on any atom is -0.207 e. The number of hydrogen-bond donors (Lipinski definition) is 0.